The molecule has 8 rings (SSSR count). The molecule has 4 aromatic rings. The number of carbonyl (C=O) groups is 4. The molecule has 2 atom stereocenters. The van der Waals surface area contributed by atoms with Gasteiger partial charge >= 0.3 is 11.8 Å². The summed E-state index contributed by atoms with van der Waals surface area (Å²) in [6, 6.07) is 30.1. The van der Waals surface area contributed by atoms with Crippen molar-refractivity contribution in [1.29, 1.82) is 0 Å². The van der Waals surface area contributed by atoms with Gasteiger partial charge in [-0.15, -0.1) is 0 Å². The van der Waals surface area contributed by atoms with Crippen LogP contribution >= 0.6 is 15.9 Å². The summed E-state index contributed by atoms with van der Waals surface area (Å²) in [4.78, 5) is 55.7. The molecular formula is C37H31BrN4O4. The Labute approximate surface area is 275 Å². The highest BCUT2D eigenvalue weighted by atomic mass is 79.9. The molecule has 3 aliphatic carbocycles. The Morgan fingerprint density at radius 3 is 2.11 bits per heavy atom. The lowest BCUT2D eigenvalue weighted by molar-refractivity contribution is -0.136. The van der Waals surface area contributed by atoms with Gasteiger partial charge in [-0.1, -0.05) is 89.9 Å². The van der Waals surface area contributed by atoms with Gasteiger partial charge < -0.3 is 5.32 Å². The smallest absolute Gasteiger partial charge is 0.318 e. The van der Waals surface area contributed by atoms with Crippen LogP contribution in [-0.2, 0) is 31.0 Å². The lowest BCUT2D eigenvalue weighted by Crippen LogP contribution is -2.54. The quantitative estimate of drug-likeness (QED) is 0.107. The zero-order valence-electron chi connectivity index (χ0n) is 25.1. The summed E-state index contributed by atoms with van der Waals surface area (Å²) >= 11 is 3.43. The first kappa shape index (κ1) is 29.8. The van der Waals surface area contributed by atoms with Gasteiger partial charge in [-0.3, -0.25) is 19.2 Å². The Morgan fingerprint density at radius 1 is 0.848 bits per heavy atom. The summed E-state index contributed by atoms with van der Waals surface area (Å²) in [5, 5.41) is 6.95. The molecule has 1 saturated heterocycles. The largest absolute Gasteiger partial charge is 0.329 e. The Bertz CT molecular complexity index is 1860. The molecule has 1 fully saturated rings. The Hall–Kier alpha value is -4.89. The van der Waals surface area contributed by atoms with Crippen LogP contribution in [0.4, 0.5) is 11.4 Å². The molecule has 1 heterocycles. The highest BCUT2D eigenvalue weighted by Crippen LogP contribution is 2.63. The first-order valence-corrected chi connectivity index (χ1v) is 16.2. The van der Waals surface area contributed by atoms with Crippen molar-refractivity contribution in [2.45, 2.75) is 37.5 Å². The van der Waals surface area contributed by atoms with Gasteiger partial charge in [0.05, 0.1) is 22.9 Å². The number of hydrogen-bond donors (Lipinski definition) is 2. The SMILES string of the molecule is CCCCc1ccc(NC(=O)C(=O)N/N=C/C23c4ccccc4C(c4ccccc42)C2C(=O)N(c4ccc(Br)cc4)C(=O)C23)cc1. The summed E-state index contributed by atoms with van der Waals surface area (Å²) < 4.78 is 0.833. The van der Waals surface area contributed by atoms with E-state index in [0.29, 0.717) is 11.4 Å². The fourth-order valence-electron chi connectivity index (χ4n) is 7.46. The lowest BCUT2D eigenvalue weighted by Gasteiger charge is -2.52. The van der Waals surface area contributed by atoms with Crippen molar-refractivity contribution in [3.63, 3.8) is 0 Å². The third-order valence-electron chi connectivity index (χ3n) is 9.44. The van der Waals surface area contributed by atoms with Gasteiger partial charge in [0.25, 0.3) is 0 Å². The van der Waals surface area contributed by atoms with Gasteiger partial charge in [0, 0.05) is 22.3 Å². The molecule has 0 aromatic heterocycles. The van der Waals surface area contributed by atoms with Gasteiger partial charge in [0.15, 0.2) is 0 Å². The van der Waals surface area contributed by atoms with E-state index in [2.05, 4.69) is 38.7 Å². The summed E-state index contributed by atoms with van der Waals surface area (Å²) in [6.45, 7) is 2.13. The van der Waals surface area contributed by atoms with Crippen LogP contribution in [0.2, 0.25) is 0 Å². The van der Waals surface area contributed by atoms with Crippen molar-refractivity contribution in [3.05, 3.63) is 129 Å². The molecule has 8 nitrogen and oxygen atoms in total. The third kappa shape index (κ3) is 4.69. The fraction of sp³-hybridized carbons (Fsp3) is 0.216. The number of halogens is 1. The maximum Gasteiger partial charge on any atom is 0.329 e. The number of hydrazone groups is 1. The Kier molecular flexibility index (Phi) is 7.64. The molecule has 4 amide bonds. The number of nitrogens with zero attached hydrogens (tertiary/aromatic N) is 2. The van der Waals surface area contributed by atoms with E-state index in [9.17, 15) is 19.2 Å². The second-order valence-electron chi connectivity index (χ2n) is 12.0. The van der Waals surface area contributed by atoms with Gasteiger partial charge in [-0.05, 0) is 77.1 Å². The van der Waals surface area contributed by atoms with E-state index < -0.39 is 29.1 Å². The van der Waals surface area contributed by atoms with Crippen LogP contribution in [-0.4, -0.2) is 29.8 Å². The van der Waals surface area contributed by atoms with Crippen LogP contribution in [0.3, 0.4) is 0 Å². The topological polar surface area (TPSA) is 108 Å². The zero-order valence-corrected chi connectivity index (χ0v) is 26.7. The molecule has 0 spiro atoms. The summed E-state index contributed by atoms with van der Waals surface area (Å²) in [6.07, 6.45) is 4.66. The van der Waals surface area contributed by atoms with Crippen LogP contribution in [0.15, 0.2) is 107 Å². The number of anilines is 2. The number of rotatable bonds is 7. The highest BCUT2D eigenvalue weighted by Gasteiger charge is 2.68. The lowest BCUT2D eigenvalue weighted by atomic mass is 9.47. The van der Waals surface area contributed by atoms with Crippen LogP contribution in [0.1, 0.15) is 53.5 Å². The molecule has 0 radical (unpaired) electrons. The maximum atomic E-state index is 14.4. The molecule has 2 N–H and O–H groups in total. The summed E-state index contributed by atoms with van der Waals surface area (Å²) in [5.74, 6) is -4.22. The number of amides is 4. The summed E-state index contributed by atoms with van der Waals surface area (Å²) in [7, 11) is 0. The maximum absolute atomic E-state index is 14.4. The van der Waals surface area contributed by atoms with Crippen LogP contribution < -0.4 is 15.6 Å². The molecule has 2 bridgehead atoms. The number of hydrogen-bond acceptors (Lipinski definition) is 5. The van der Waals surface area contributed by atoms with E-state index in [1.807, 2.05) is 60.7 Å². The number of imide groups is 1. The van der Waals surface area contributed by atoms with E-state index in [1.54, 1.807) is 42.6 Å². The highest BCUT2D eigenvalue weighted by molar-refractivity contribution is 9.10. The van der Waals surface area contributed by atoms with Crippen molar-refractivity contribution in [2.75, 3.05) is 10.2 Å². The van der Waals surface area contributed by atoms with E-state index >= 15 is 0 Å². The van der Waals surface area contributed by atoms with E-state index in [-0.39, 0.29) is 17.7 Å². The molecule has 230 valence electrons. The Morgan fingerprint density at radius 2 is 1.48 bits per heavy atom. The number of aryl methyl sites for hydroxylation is 1. The minimum Gasteiger partial charge on any atom is -0.318 e. The van der Waals surface area contributed by atoms with Gasteiger partial charge in [0.2, 0.25) is 11.8 Å². The molecule has 9 heteroatoms. The monoisotopic (exact) mass is 674 g/mol. The first-order valence-electron chi connectivity index (χ1n) is 15.4. The fourth-order valence-corrected chi connectivity index (χ4v) is 7.73. The number of unbranched alkanes of at least 4 members (excludes halogenated alkanes) is 1. The predicted molar refractivity (Wildman–Crippen MR) is 179 cm³/mol. The van der Waals surface area contributed by atoms with Crippen LogP contribution in [0.5, 0.6) is 0 Å². The van der Waals surface area contributed by atoms with Crippen molar-refractivity contribution in [2.24, 2.45) is 16.9 Å². The standard InChI is InChI=1S/C37H31BrN4O4/c1-2-3-8-22-13-17-24(18-14-22)40-33(43)34(44)41-39-21-37-28-11-6-4-9-26(28)30(27-10-5-7-12-29(27)37)31-32(37)36(46)42(35(31)45)25-19-15-23(38)16-20-25/h4-7,9-21,30-32H,2-3,8H2,1H3,(H,40,43)(H,41,44)/b39-21+. The van der Waals surface area contributed by atoms with Crippen molar-refractivity contribution < 1.29 is 19.2 Å². The molecule has 2 unspecified atom stereocenters. The van der Waals surface area contributed by atoms with Crippen molar-refractivity contribution in [3.8, 4) is 0 Å². The molecular weight excluding hydrogens is 644 g/mol. The minimum atomic E-state index is -1.17. The van der Waals surface area contributed by atoms with E-state index in [1.165, 1.54) is 4.90 Å². The molecule has 0 saturated carbocycles. The number of nitrogens with one attached hydrogen (secondary N) is 2. The summed E-state index contributed by atoms with van der Waals surface area (Å²) in [5.41, 5.74) is 6.97. The van der Waals surface area contributed by atoms with E-state index in [0.717, 1.165) is 51.6 Å². The van der Waals surface area contributed by atoms with Crippen molar-refractivity contribution >= 4 is 57.1 Å². The average Bonchev–Trinajstić information content (AvgIpc) is 3.35. The third-order valence-corrected chi connectivity index (χ3v) is 9.97. The van der Waals surface area contributed by atoms with E-state index in [4.69, 9.17) is 0 Å². The van der Waals surface area contributed by atoms with Crippen LogP contribution in [0.25, 0.3) is 0 Å². The van der Waals surface area contributed by atoms with Gasteiger partial charge in [-0.2, -0.15) is 5.10 Å². The molecule has 46 heavy (non-hydrogen) atoms. The molecule has 4 aromatic carbocycles. The average molecular weight is 676 g/mol. The Balaban J connectivity index is 1.23. The van der Waals surface area contributed by atoms with Gasteiger partial charge in [0.1, 0.15) is 0 Å². The van der Waals surface area contributed by atoms with Gasteiger partial charge in [-0.25, -0.2) is 10.3 Å². The predicted octanol–water partition coefficient (Wildman–Crippen LogP) is 6.08. The van der Waals surface area contributed by atoms with Crippen LogP contribution in [0, 0.1) is 11.8 Å². The molecule has 1 aliphatic heterocycles. The number of benzene rings is 4. The first-order chi connectivity index (χ1) is 22.3. The number of carbonyl (C=O) groups excluding carboxylic acids is 4. The molecule has 4 aliphatic rings. The normalized spacial score (nSPS) is 22.4. The zero-order chi connectivity index (χ0) is 32.0. The second kappa shape index (κ2) is 11.8. The van der Waals surface area contributed by atoms with Crippen molar-refractivity contribution in [1.82, 2.24) is 5.43 Å². The second-order valence-corrected chi connectivity index (χ2v) is 12.9. The minimum absolute atomic E-state index is 0.270.